The summed E-state index contributed by atoms with van der Waals surface area (Å²) in [5.74, 6) is 0.476. The summed E-state index contributed by atoms with van der Waals surface area (Å²) in [5, 5.41) is 5.62. The van der Waals surface area contributed by atoms with Gasteiger partial charge >= 0.3 is 0 Å². The highest BCUT2D eigenvalue weighted by Gasteiger charge is 2.04. The SMILES string of the molecule is CC(C)c1cc(CNCCCN)ccc1N.CN=O. The quantitative estimate of drug-likeness (QED) is 0.418. The minimum Gasteiger partial charge on any atom is -0.398 e. The minimum atomic E-state index is 0.476. The minimum absolute atomic E-state index is 0.476. The van der Waals surface area contributed by atoms with Gasteiger partial charge in [0.05, 0.1) is 7.05 Å². The van der Waals surface area contributed by atoms with Crippen LogP contribution in [0.1, 0.15) is 37.3 Å². The number of nitrogens with one attached hydrogen (secondary N) is 1. The van der Waals surface area contributed by atoms with Crippen LogP contribution in [0.25, 0.3) is 0 Å². The van der Waals surface area contributed by atoms with Gasteiger partial charge in [0.1, 0.15) is 0 Å². The molecule has 1 aromatic rings. The Balaban J connectivity index is 0.000000982. The van der Waals surface area contributed by atoms with Gasteiger partial charge in [-0.25, -0.2) is 0 Å². The Hall–Kier alpha value is -1.46. The standard InChI is InChI=1S/C13H23N3.CH3NO/c1-10(2)12-8-11(4-5-13(12)15)9-16-7-3-6-14;1-2-3/h4-5,8,10,16H,3,6-7,9,14-15H2,1-2H3;1H3. The summed E-state index contributed by atoms with van der Waals surface area (Å²) in [6.07, 6.45) is 1.02. The molecular weight excluding hydrogens is 240 g/mol. The molecule has 0 radical (unpaired) electrons. The van der Waals surface area contributed by atoms with Crippen molar-refractivity contribution in [2.45, 2.75) is 32.7 Å². The third-order valence-corrected chi connectivity index (χ3v) is 2.66. The second kappa shape index (κ2) is 10.5. The van der Waals surface area contributed by atoms with Gasteiger partial charge in [0.15, 0.2) is 0 Å². The molecule has 0 spiro atoms. The fourth-order valence-electron chi connectivity index (χ4n) is 1.69. The Kier molecular flexibility index (Phi) is 9.66. The van der Waals surface area contributed by atoms with E-state index in [1.54, 1.807) is 0 Å². The average Bonchev–Trinajstić information content (AvgIpc) is 2.37. The van der Waals surface area contributed by atoms with Crippen LogP contribution < -0.4 is 16.8 Å². The lowest BCUT2D eigenvalue weighted by Gasteiger charge is -2.12. The summed E-state index contributed by atoms with van der Waals surface area (Å²) < 4.78 is 0. The molecule has 5 heteroatoms. The molecule has 19 heavy (non-hydrogen) atoms. The summed E-state index contributed by atoms with van der Waals surface area (Å²) in [7, 11) is 1.19. The van der Waals surface area contributed by atoms with Crippen LogP contribution in [0.3, 0.4) is 0 Å². The van der Waals surface area contributed by atoms with E-state index in [1.807, 2.05) is 6.07 Å². The molecule has 0 saturated carbocycles. The number of rotatable bonds is 6. The average molecular weight is 266 g/mol. The maximum Gasteiger partial charge on any atom is 0.0700 e. The summed E-state index contributed by atoms with van der Waals surface area (Å²) >= 11 is 0. The Morgan fingerprint density at radius 2 is 2.00 bits per heavy atom. The number of hydrogen-bond acceptors (Lipinski definition) is 5. The van der Waals surface area contributed by atoms with E-state index in [1.165, 1.54) is 18.2 Å². The van der Waals surface area contributed by atoms with Crippen molar-refractivity contribution in [2.24, 2.45) is 10.9 Å². The molecule has 0 atom stereocenters. The Bertz CT molecular complexity index is 366. The van der Waals surface area contributed by atoms with Gasteiger partial charge in [-0.15, -0.1) is 0 Å². The number of anilines is 1. The second-order valence-corrected chi connectivity index (χ2v) is 4.62. The van der Waals surface area contributed by atoms with Gasteiger partial charge in [-0.2, -0.15) is 4.91 Å². The van der Waals surface area contributed by atoms with Crippen molar-refractivity contribution >= 4 is 5.69 Å². The van der Waals surface area contributed by atoms with Gasteiger partial charge in [0.25, 0.3) is 0 Å². The number of nitrogens with two attached hydrogens (primary N) is 2. The van der Waals surface area contributed by atoms with E-state index < -0.39 is 0 Å². The first-order chi connectivity index (χ1) is 9.06. The maximum atomic E-state index is 8.56. The third kappa shape index (κ3) is 7.54. The molecule has 0 heterocycles. The van der Waals surface area contributed by atoms with Crippen LogP contribution in [-0.4, -0.2) is 20.1 Å². The number of nitrogen functional groups attached to an aromatic ring is 1. The molecular formula is C14H26N4O. The number of hydrogen-bond donors (Lipinski definition) is 3. The molecule has 1 rings (SSSR count). The maximum absolute atomic E-state index is 8.56. The Morgan fingerprint density at radius 3 is 2.53 bits per heavy atom. The van der Waals surface area contributed by atoms with Crippen molar-refractivity contribution in [3.05, 3.63) is 34.2 Å². The zero-order valence-corrected chi connectivity index (χ0v) is 12.1. The number of nitroso groups, excluding NO2 is 1. The van der Waals surface area contributed by atoms with E-state index in [-0.39, 0.29) is 0 Å². The fourth-order valence-corrected chi connectivity index (χ4v) is 1.69. The van der Waals surface area contributed by atoms with Gasteiger partial charge in [-0.1, -0.05) is 31.2 Å². The zero-order chi connectivity index (χ0) is 14.7. The van der Waals surface area contributed by atoms with Crippen LogP contribution in [0, 0.1) is 4.91 Å². The monoisotopic (exact) mass is 266 g/mol. The molecule has 108 valence electrons. The van der Waals surface area contributed by atoms with E-state index in [0.29, 0.717) is 5.92 Å². The Labute approximate surface area is 115 Å². The van der Waals surface area contributed by atoms with Crippen LogP contribution in [0.5, 0.6) is 0 Å². The molecule has 0 saturated heterocycles. The smallest absolute Gasteiger partial charge is 0.0700 e. The van der Waals surface area contributed by atoms with Crippen molar-refractivity contribution in [3.8, 4) is 0 Å². The van der Waals surface area contributed by atoms with Crippen molar-refractivity contribution in [2.75, 3.05) is 25.9 Å². The lowest BCUT2D eigenvalue weighted by molar-refractivity contribution is 0.654. The molecule has 0 aliphatic carbocycles. The Morgan fingerprint density at radius 1 is 1.37 bits per heavy atom. The van der Waals surface area contributed by atoms with Crippen molar-refractivity contribution in [3.63, 3.8) is 0 Å². The first kappa shape index (κ1) is 17.5. The van der Waals surface area contributed by atoms with Gasteiger partial charge in [0.2, 0.25) is 0 Å². The normalized spacial score (nSPS) is 9.95. The highest BCUT2D eigenvalue weighted by molar-refractivity contribution is 5.50. The summed E-state index contributed by atoms with van der Waals surface area (Å²) in [6.45, 7) is 6.93. The largest absolute Gasteiger partial charge is 0.398 e. The van der Waals surface area contributed by atoms with Gasteiger partial charge in [-0.3, -0.25) is 0 Å². The molecule has 5 nitrogen and oxygen atoms in total. The van der Waals surface area contributed by atoms with Crippen LogP contribution in [0.15, 0.2) is 23.4 Å². The molecule has 5 N–H and O–H groups in total. The van der Waals surface area contributed by atoms with Gasteiger partial charge < -0.3 is 16.8 Å². The first-order valence-electron chi connectivity index (χ1n) is 6.57. The van der Waals surface area contributed by atoms with Crippen LogP contribution in [-0.2, 0) is 6.54 Å². The highest BCUT2D eigenvalue weighted by atomic mass is 16.2. The molecule has 1 aromatic carbocycles. The van der Waals surface area contributed by atoms with E-state index in [9.17, 15) is 0 Å². The van der Waals surface area contributed by atoms with E-state index >= 15 is 0 Å². The topological polar surface area (TPSA) is 93.5 Å². The predicted octanol–water partition coefficient (Wildman–Crippen LogP) is 2.21. The van der Waals surface area contributed by atoms with Crippen molar-refractivity contribution < 1.29 is 0 Å². The highest BCUT2D eigenvalue weighted by Crippen LogP contribution is 2.22. The van der Waals surface area contributed by atoms with Crippen LogP contribution in [0.4, 0.5) is 5.69 Å². The fraction of sp³-hybridized carbons (Fsp3) is 0.571. The molecule has 0 bridgehead atoms. The van der Waals surface area contributed by atoms with E-state index in [2.05, 4.69) is 36.5 Å². The van der Waals surface area contributed by atoms with Crippen LogP contribution >= 0.6 is 0 Å². The van der Waals surface area contributed by atoms with Crippen molar-refractivity contribution in [1.29, 1.82) is 0 Å². The molecule has 0 unspecified atom stereocenters. The summed E-state index contributed by atoms with van der Waals surface area (Å²) in [6, 6.07) is 6.27. The molecule has 0 aliphatic rings. The lowest BCUT2D eigenvalue weighted by Crippen LogP contribution is -2.17. The molecule has 0 amide bonds. The zero-order valence-electron chi connectivity index (χ0n) is 12.1. The first-order valence-corrected chi connectivity index (χ1v) is 6.57. The molecule has 0 aliphatic heterocycles. The number of nitrogens with zero attached hydrogens (tertiary/aromatic N) is 1. The number of benzene rings is 1. The third-order valence-electron chi connectivity index (χ3n) is 2.66. The second-order valence-electron chi connectivity index (χ2n) is 4.62. The van der Waals surface area contributed by atoms with Gasteiger partial charge in [0, 0.05) is 12.2 Å². The van der Waals surface area contributed by atoms with E-state index in [0.717, 1.165) is 31.7 Å². The molecule has 0 aromatic heterocycles. The molecule has 0 fully saturated rings. The van der Waals surface area contributed by atoms with Crippen molar-refractivity contribution in [1.82, 2.24) is 5.32 Å². The lowest BCUT2D eigenvalue weighted by atomic mass is 9.99. The van der Waals surface area contributed by atoms with E-state index in [4.69, 9.17) is 16.4 Å². The summed E-state index contributed by atoms with van der Waals surface area (Å²) in [4.78, 5) is 8.56. The predicted molar refractivity (Wildman–Crippen MR) is 82.0 cm³/mol. The summed E-state index contributed by atoms with van der Waals surface area (Å²) in [5.41, 5.74) is 14.8. The van der Waals surface area contributed by atoms with Crippen LogP contribution in [0.2, 0.25) is 0 Å². The van der Waals surface area contributed by atoms with Gasteiger partial charge in [-0.05, 0) is 42.6 Å².